The molecule has 0 bridgehead atoms. The highest BCUT2D eigenvalue weighted by Crippen LogP contribution is 2.22. The van der Waals surface area contributed by atoms with Gasteiger partial charge in [0.25, 0.3) is 0 Å². The smallest absolute Gasteiger partial charge is 0.220 e. The van der Waals surface area contributed by atoms with E-state index in [0.29, 0.717) is 25.8 Å². The first-order valence-corrected chi connectivity index (χ1v) is 10.4. The van der Waals surface area contributed by atoms with Gasteiger partial charge < -0.3 is 5.32 Å². The average Bonchev–Trinajstić information content (AvgIpc) is 2.86. The lowest BCUT2D eigenvalue weighted by atomic mass is 10.0. The van der Waals surface area contributed by atoms with Crippen molar-refractivity contribution in [3.63, 3.8) is 0 Å². The Morgan fingerprint density at radius 1 is 1.26 bits per heavy atom. The Balaban J connectivity index is 1.54. The third-order valence-electron chi connectivity index (χ3n) is 4.26. The Labute approximate surface area is 143 Å². The van der Waals surface area contributed by atoms with Crippen LogP contribution < -0.4 is 5.32 Å². The van der Waals surface area contributed by atoms with Crippen LogP contribution in [0.1, 0.15) is 37.7 Å². The summed E-state index contributed by atoms with van der Waals surface area (Å²) in [6.45, 7) is 0.659. The van der Waals surface area contributed by atoms with Gasteiger partial charge >= 0.3 is 0 Å². The maximum absolute atomic E-state index is 11.8. The van der Waals surface area contributed by atoms with Crippen LogP contribution in [0.15, 0.2) is 24.3 Å². The molecule has 0 spiro atoms. The van der Waals surface area contributed by atoms with Crippen LogP contribution in [0, 0.1) is 5.92 Å². The summed E-state index contributed by atoms with van der Waals surface area (Å²) in [4.78, 5) is 11.8. The molecule has 0 aromatic heterocycles. The maximum Gasteiger partial charge on any atom is 0.220 e. The number of nitrogens with one attached hydrogen (secondary N) is 1. The van der Waals surface area contributed by atoms with Crippen LogP contribution in [0.3, 0.4) is 0 Å². The molecule has 23 heavy (non-hydrogen) atoms. The highest BCUT2D eigenvalue weighted by Gasteiger charge is 2.27. The molecule has 2 rings (SSSR count). The minimum Gasteiger partial charge on any atom is -0.356 e. The van der Waals surface area contributed by atoms with Crippen LogP contribution in [0.4, 0.5) is 0 Å². The van der Waals surface area contributed by atoms with E-state index in [4.69, 9.17) is 11.6 Å². The monoisotopic (exact) mass is 357 g/mol. The number of amides is 1. The molecular formula is C17H24ClNO3S. The molecule has 0 saturated carbocycles. The van der Waals surface area contributed by atoms with E-state index in [1.165, 1.54) is 0 Å². The number of halogens is 1. The summed E-state index contributed by atoms with van der Waals surface area (Å²) in [6.07, 6.45) is 4.60. The number of hydrogen-bond acceptors (Lipinski definition) is 3. The van der Waals surface area contributed by atoms with Gasteiger partial charge in [0, 0.05) is 18.0 Å². The van der Waals surface area contributed by atoms with Crippen molar-refractivity contribution in [1.29, 1.82) is 0 Å². The summed E-state index contributed by atoms with van der Waals surface area (Å²) < 4.78 is 22.7. The Morgan fingerprint density at radius 3 is 2.74 bits per heavy atom. The maximum atomic E-state index is 11.8. The Morgan fingerprint density at radius 2 is 2.04 bits per heavy atom. The summed E-state index contributed by atoms with van der Waals surface area (Å²) in [7, 11) is -2.84. The van der Waals surface area contributed by atoms with Crippen molar-refractivity contribution < 1.29 is 13.2 Å². The fourth-order valence-electron chi connectivity index (χ4n) is 2.89. The minimum atomic E-state index is -2.84. The SMILES string of the molecule is O=C(CCC1CCS(=O)(=O)C1)NCCCCc1ccccc1Cl. The summed E-state index contributed by atoms with van der Waals surface area (Å²) in [6, 6.07) is 7.81. The molecule has 1 heterocycles. The lowest BCUT2D eigenvalue weighted by molar-refractivity contribution is -0.121. The Bertz CT molecular complexity index is 630. The van der Waals surface area contributed by atoms with E-state index in [1.807, 2.05) is 24.3 Å². The van der Waals surface area contributed by atoms with Gasteiger partial charge in [-0.15, -0.1) is 0 Å². The molecule has 1 unspecified atom stereocenters. The van der Waals surface area contributed by atoms with Crippen LogP contribution in [-0.2, 0) is 21.1 Å². The zero-order valence-electron chi connectivity index (χ0n) is 13.3. The number of carbonyl (C=O) groups excluding carboxylic acids is 1. The molecule has 4 nitrogen and oxygen atoms in total. The fraction of sp³-hybridized carbons (Fsp3) is 0.588. The molecule has 1 N–H and O–H groups in total. The normalized spacial score (nSPS) is 19.6. The van der Waals surface area contributed by atoms with E-state index < -0.39 is 9.84 Å². The molecule has 1 fully saturated rings. The molecule has 1 aliphatic rings. The van der Waals surface area contributed by atoms with Crippen LogP contribution in [0.25, 0.3) is 0 Å². The highest BCUT2D eigenvalue weighted by molar-refractivity contribution is 7.91. The Hall–Kier alpha value is -1.07. The zero-order valence-corrected chi connectivity index (χ0v) is 14.8. The van der Waals surface area contributed by atoms with E-state index in [2.05, 4.69) is 5.32 Å². The zero-order chi connectivity index (χ0) is 16.7. The van der Waals surface area contributed by atoms with Gasteiger partial charge in [0.15, 0.2) is 9.84 Å². The first-order valence-electron chi connectivity index (χ1n) is 8.17. The van der Waals surface area contributed by atoms with Gasteiger partial charge in [0.1, 0.15) is 0 Å². The Kier molecular flexibility index (Phi) is 6.90. The summed E-state index contributed by atoms with van der Waals surface area (Å²) >= 11 is 6.10. The van der Waals surface area contributed by atoms with Gasteiger partial charge in [-0.1, -0.05) is 29.8 Å². The summed E-state index contributed by atoms with van der Waals surface area (Å²) in [5.41, 5.74) is 1.14. The molecule has 128 valence electrons. The largest absolute Gasteiger partial charge is 0.356 e. The molecule has 0 radical (unpaired) electrons. The van der Waals surface area contributed by atoms with Gasteiger partial charge in [-0.05, 0) is 49.7 Å². The van der Waals surface area contributed by atoms with Gasteiger partial charge in [-0.25, -0.2) is 8.42 Å². The average molecular weight is 358 g/mol. The van der Waals surface area contributed by atoms with Crippen molar-refractivity contribution in [3.8, 4) is 0 Å². The van der Waals surface area contributed by atoms with Crippen LogP contribution in [-0.4, -0.2) is 32.4 Å². The molecule has 1 amide bonds. The summed E-state index contributed by atoms with van der Waals surface area (Å²) in [5.74, 6) is 0.706. The molecule has 1 aliphatic heterocycles. The van der Waals surface area contributed by atoms with Crippen molar-refractivity contribution in [1.82, 2.24) is 5.32 Å². The van der Waals surface area contributed by atoms with Crippen molar-refractivity contribution in [2.24, 2.45) is 5.92 Å². The first-order chi connectivity index (χ1) is 11.0. The predicted octanol–water partition coefficient (Wildman–Crippen LogP) is 2.99. The van der Waals surface area contributed by atoms with Crippen molar-refractivity contribution in [2.45, 2.75) is 38.5 Å². The van der Waals surface area contributed by atoms with Crippen LogP contribution >= 0.6 is 11.6 Å². The number of hydrogen-bond donors (Lipinski definition) is 1. The standard InChI is InChI=1S/C17H24ClNO3S/c18-16-7-2-1-5-15(16)6-3-4-11-19-17(20)9-8-14-10-12-23(21,22)13-14/h1-2,5,7,14H,3-4,6,8-13H2,(H,19,20). The molecule has 1 aromatic rings. The second-order valence-electron chi connectivity index (χ2n) is 6.21. The third kappa shape index (κ3) is 6.51. The van der Waals surface area contributed by atoms with E-state index in [1.54, 1.807) is 0 Å². The van der Waals surface area contributed by atoms with Gasteiger partial charge in [-0.2, -0.15) is 0 Å². The number of unbranched alkanes of at least 4 members (excludes halogenated alkanes) is 1. The quantitative estimate of drug-likeness (QED) is 0.727. The lowest BCUT2D eigenvalue weighted by Crippen LogP contribution is -2.25. The minimum absolute atomic E-state index is 0.0204. The van der Waals surface area contributed by atoms with Crippen molar-refractivity contribution in [3.05, 3.63) is 34.9 Å². The number of benzene rings is 1. The lowest BCUT2D eigenvalue weighted by Gasteiger charge is -2.08. The topological polar surface area (TPSA) is 63.2 Å². The molecule has 1 aromatic carbocycles. The van der Waals surface area contributed by atoms with Crippen molar-refractivity contribution in [2.75, 3.05) is 18.1 Å². The fourth-order valence-corrected chi connectivity index (χ4v) is 5.03. The second kappa shape index (κ2) is 8.69. The number of rotatable bonds is 8. The van der Waals surface area contributed by atoms with Gasteiger partial charge in [0.05, 0.1) is 11.5 Å². The summed E-state index contributed by atoms with van der Waals surface area (Å²) in [5, 5.41) is 3.70. The molecule has 1 saturated heterocycles. The second-order valence-corrected chi connectivity index (χ2v) is 8.84. The van der Waals surface area contributed by atoms with Gasteiger partial charge in [0.2, 0.25) is 5.91 Å². The number of sulfone groups is 1. The molecule has 6 heteroatoms. The third-order valence-corrected chi connectivity index (χ3v) is 6.46. The van der Waals surface area contributed by atoms with Crippen LogP contribution in [0.5, 0.6) is 0 Å². The first kappa shape index (κ1) is 18.3. The number of carbonyl (C=O) groups is 1. The van der Waals surface area contributed by atoms with E-state index in [-0.39, 0.29) is 23.3 Å². The van der Waals surface area contributed by atoms with E-state index >= 15 is 0 Å². The van der Waals surface area contributed by atoms with Crippen LogP contribution in [0.2, 0.25) is 5.02 Å². The molecule has 0 aliphatic carbocycles. The van der Waals surface area contributed by atoms with E-state index in [0.717, 1.165) is 29.8 Å². The van der Waals surface area contributed by atoms with Crippen molar-refractivity contribution >= 4 is 27.3 Å². The highest BCUT2D eigenvalue weighted by atomic mass is 35.5. The predicted molar refractivity (Wildman–Crippen MR) is 93.4 cm³/mol. The number of aryl methyl sites for hydroxylation is 1. The van der Waals surface area contributed by atoms with E-state index in [9.17, 15) is 13.2 Å². The molecular weight excluding hydrogens is 334 g/mol. The van der Waals surface area contributed by atoms with Gasteiger partial charge in [-0.3, -0.25) is 4.79 Å². The molecule has 1 atom stereocenters.